The minimum atomic E-state index is 0.0460. The molecule has 5 heteroatoms. The Morgan fingerprint density at radius 3 is 2.84 bits per heavy atom. The predicted octanol–water partition coefficient (Wildman–Crippen LogP) is 1.46. The second kappa shape index (κ2) is 5.57. The van der Waals surface area contributed by atoms with Crippen molar-refractivity contribution in [2.45, 2.75) is 33.2 Å². The molecule has 0 fully saturated rings. The summed E-state index contributed by atoms with van der Waals surface area (Å²) in [5.41, 5.74) is 3.06. The fraction of sp³-hybridized carbons (Fsp3) is 0.571. The zero-order valence-electron chi connectivity index (χ0n) is 11.8. The Morgan fingerprint density at radius 2 is 2.26 bits per heavy atom. The minimum Gasteiger partial charge on any atom is -0.392 e. The van der Waals surface area contributed by atoms with Crippen LogP contribution >= 0.6 is 0 Å². The average Bonchev–Trinajstić information content (AvgIpc) is 2.87. The lowest BCUT2D eigenvalue weighted by Crippen LogP contribution is -2.36. The number of carbonyl (C=O) groups is 1. The number of amides is 1. The Bertz CT molecular complexity index is 503. The summed E-state index contributed by atoms with van der Waals surface area (Å²) in [5, 5.41) is 13.9. The Morgan fingerprint density at radius 1 is 1.53 bits per heavy atom. The summed E-state index contributed by atoms with van der Waals surface area (Å²) < 4.78 is 1.94. The van der Waals surface area contributed by atoms with Gasteiger partial charge in [-0.25, -0.2) is 0 Å². The van der Waals surface area contributed by atoms with E-state index in [-0.39, 0.29) is 18.6 Å². The van der Waals surface area contributed by atoms with E-state index in [9.17, 15) is 9.90 Å². The second-order valence-electron chi connectivity index (χ2n) is 5.19. The zero-order chi connectivity index (χ0) is 14.0. The molecule has 1 aliphatic rings. The van der Waals surface area contributed by atoms with Gasteiger partial charge >= 0.3 is 0 Å². The molecular weight excluding hydrogens is 242 g/mol. The van der Waals surface area contributed by atoms with Crippen LogP contribution in [0.1, 0.15) is 38.9 Å². The molecule has 19 heavy (non-hydrogen) atoms. The fourth-order valence-electron chi connectivity index (χ4n) is 2.47. The van der Waals surface area contributed by atoms with E-state index >= 15 is 0 Å². The third-order valence-electron chi connectivity index (χ3n) is 3.56. The molecule has 1 aromatic heterocycles. The van der Waals surface area contributed by atoms with E-state index in [2.05, 4.69) is 18.9 Å². The van der Waals surface area contributed by atoms with Gasteiger partial charge in [-0.1, -0.05) is 0 Å². The van der Waals surface area contributed by atoms with Gasteiger partial charge in [0.25, 0.3) is 0 Å². The Kier molecular flexibility index (Phi) is 4.04. The van der Waals surface area contributed by atoms with E-state index in [1.165, 1.54) is 0 Å². The number of nitrogens with zero attached hydrogens (tertiary/aromatic N) is 3. The first kappa shape index (κ1) is 13.8. The normalized spacial score (nSPS) is 16.4. The molecule has 0 spiro atoms. The van der Waals surface area contributed by atoms with Gasteiger partial charge in [-0.3, -0.25) is 9.48 Å². The van der Waals surface area contributed by atoms with Crippen LogP contribution in [-0.2, 0) is 4.79 Å². The van der Waals surface area contributed by atoms with Gasteiger partial charge in [0.2, 0.25) is 5.91 Å². The molecule has 0 unspecified atom stereocenters. The molecule has 0 radical (unpaired) electrons. The molecule has 0 bridgehead atoms. The van der Waals surface area contributed by atoms with Crippen molar-refractivity contribution >= 4 is 11.5 Å². The summed E-state index contributed by atoms with van der Waals surface area (Å²) in [6, 6.07) is 2.21. The molecule has 0 saturated carbocycles. The van der Waals surface area contributed by atoms with E-state index in [4.69, 9.17) is 0 Å². The number of hydrogen-bond donors (Lipinski definition) is 1. The summed E-state index contributed by atoms with van der Waals surface area (Å²) in [6.45, 7) is 7.02. The lowest BCUT2D eigenvalue weighted by molar-refractivity contribution is -0.128. The fourth-order valence-corrected chi connectivity index (χ4v) is 2.47. The number of carbonyl (C=O) groups excluding carboxylic acids is 1. The van der Waals surface area contributed by atoms with Crippen molar-refractivity contribution in [2.75, 3.05) is 19.7 Å². The molecule has 2 rings (SSSR count). The highest BCUT2D eigenvalue weighted by Crippen LogP contribution is 2.27. The number of aromatic nitrogens is 2. The van der Waals surface area contributed by atoms with Crippen LogP contribution in [0, 0.1) is 0 Å². The summed E-state index contributed by atoms with van der Waals surface area (Å²) >= 11 is 0. The number of hydrogen-bond acceptors (Lipinski definition) is 3. The van der Waals surface area contributed by atoms with Crippen molar-refractivity contribution in [3.05, 3.63) is 23.5 Å². The van der Waals surface area contributed by atoms with Gasteiger partial charge in [0.15, 0.2) is 0 Å². The van der Waals surface area contributed by atoms with Crippen molar-refractivity contribution in [1.29, 1.82) is 0 Å². The lowest BCUT2D eigenvalue weighted by atomic mass is 9.97. The van der Waals surface area contributed by atoms with Gasteiger partial charge in [-0.2, -0.15) is 5.10 Å². The number of rotatable bonds is 3. The SMILES string of the molecule is CC(=O)N1CCC(CO)=C(c2ccnn2C(C)C)C1. The van der Waals surface area contributed by atoms with Gasteiger partial charge < -0.3 is 10.0 Å². The van der Waals surface area contributed by atoms with Gasteiger partial charge in [0.05, 0.1) is 12.3 Å². The number of aliphatic hydroxyl groups is 1. The number of aliphatic hydroxyl groups excluding tert-OH is 1. The van der Waals surface area contributed by atoms with Crippen LogP contribution in [0.3, 0.4) is 0 Å². The summed E-state index contributed by atoms with van der Waals surface area (Å²) in [5.74, 6) is 0.0742. The van der Waals surface area contributed by atoms with Gasteiger partial charge in [0, 0.05) is 32.3 Å². The van der Waals surface area contributed by atoms with Crippen molar-refractivity contribution in [3.63, 3.8) is 0 Å². The van der Waals surface area contributed by atoms with Crippen molar-refractivity contribution < 1.29 is 9.90 Å². The highest BCUT2D eigenvalue weighted by Gasteiger charge is 2.23. The van der Waals surface area contributed by atoms with E-state index in [0.29, 0.717) is 13.1 Å². The Labute approximate surface area is 113 Å². The van der Waals surface area contributed by atoms with Crippen molar-refractivity contribution in [3.8, 4) is 0 Å². The summed E-state index contributed by atoms with van der Waals surface area (Å²) in [4.78, 5) is 13.4. The molecule has 5 nitrogen and oxygen atoms in total. The van der Waals surface area contributed by atoms with E-state index in [1.807, 2.05) is 15.6 Å². The maximum absolute atomic E-state index is 11.5. The second-order valence-corrected chi connectivity index (χ2v) is 5.19. The quantitative estimate of drug-likeness (QED) is 0.898. The van der Waals surface area contributed by atoms with Gasteiger partial charge in [-0.15, -0.1) is 0 Å². The van der Waals surface area contributed by atoms with Gasteiger partial charge in [-0.05, 0) is 37.5 Å². The molecule has 1 N–H and O–H groups in total. The lowest BCUT2D eigenvalue weighted by Gasteiger charge is -2.30. The van der Waals surface area contributed by atoms with Crippen LogP contribution < -0.4 is 0 Å². The topological polar surface area (TPSA) is 58.4 Å². The first-order valence-electron chi connectivity index (χ1n) is 6.65. The van der Waals surface area contributed by atoms with Crippen LogP contribution in [0.15, 0.2) is 17.8 Å². The molecule has 0 atom stereocenters. The monoisotopic (exact) mass is 263 g/mol. The molecule has 1 aliphatic heterocycles. The van der Waals surface area contributed by atoms with Crippen LogP contribution in [0.4, 0.5) is 0 Å². The van der Waals surface area contributed by atoms with E-state index < -0.39 is 0 Å². The third-order valence-corrected chi connectivity index (χ3v) is 3.56. The van der Waals surface area contributed by atoms with Crippen LogP contribution in [0.2, 0.25) is 0 Å². The molecule has 2 heterocycles. The van der Waals surface area contributed by atoms with Crippen LogP contribution in [-0.4, -0.2) is 45.4 Å². The maximum atomic E-state index is 11.5. The molecule has 0 aliphatic carbocycles. The summed E-state index contributed by atoms with van der Waals surface area (Å²) in [7, 11) is 0. The van der Waals surface area contributed by atoms with Crippen LogP contribution in [0.25, 0.3) is 5.57 Å². The molecule has 104 valence electrons. The van der Waals surface area contributed by atoms with E-state index in [0.717, 1.165) is 23.3 Å². The maximum Gasteiger partial charge on any atom is 0.219 e. The highest BCUT2D eigenvalue weighted by molar-refractivity contribution is 5.78. The zero-order valence-corrected chi connectivity index (χ0v) is 11.8. The van der Waals surface area contributed by atoms with Gasteiger partial charge in [0.1, 0.15) is 0 Å². The average molecular weight is 263 g/mol. The molecule has 0 saturated heterocycles. The van der Waals surface area contributed by atoms with Crippen molar-refractivity contribution in [1.82, 2.24) is 14.7 Å². The largest absolute Gasteiger partial charge is 0.392 e. The molecule has 1 aromatic rings. The Hall–Kier alpha value is -1.62. The highest BCUT2D eigenvalue weighted by atomic mass is 16.3. The minimum absolute atomic E-state index is 0.0460. The smallest absolute Gasteiger partial charge is 0.219 e. The third kappa shape index (κ3) is 2.71. The molecule has 0 aromatic carbocycles. The predicted molar refractivity (Wildman–Crippen MR) is 73.5 cm³/mol. The molecule has 1 amide bonds. The first-order chi connectivity index (χ1) is 9.04. The van der Waals surface area contributed by atoms with E-state index in [1.54, 1.807) is 13.1 Å². The Balaban J connectivity index is 2.40. The van der Waals surface area contributed by atoms with Crippen LogP contribution in [0.5, 0.6) is 0 Å². The first-order valence-corrected chi connectivity index (χ1v) is 6.65. The van der Waals surface area contributed by atoms with Crippen molar-refractivity contribution in [2.24, 2.45) is 0 Å². The standard InChI is InChI=1S/C14H21N3O2/c1-10(2)17-14(4-6-15-17)13-8-16(11(3)19)7-5-12(13)9-18/h4,6,10,18H,5,7-9H2,1-3H3. The summed E-state index contributed by atoms with van der Waals surface area (Å²) in [6.07, 6.45) is 2.50. The molecular formula is C14H21N3O2.